The summed E-state index contributed by atoms with van der Waals surface area (Å²) < 4.78 is 1.27. The molecular weight excluding hydrogens is 240 g/mol. The molecule has 0 aliphatic rings. The first kappa shape index (κ1) is 12.1. The number of carbonyl (C=O) groups is 1. The summed E-state index contributed by atoms with van der Waals surface area (Å²) in [4.78, 5) is 42.3. The minimum atomic E-state index is -1.28. The van der Waals surface area contributed by atoms with Crippen LogP contribution in [0.15, 0.2) is 9.59 Å². The molecule has 0 atom stereocenters. The zero-order valence-corrected chi connectivity index (χ0v) is 9.69. The Bertz CT molecular complexity index is 709. The van der Waals surface area contributed by atoms with E-state index in [4.69, 9.17) is 5.11 Å². The summed E-state index contributed by atoms with van der Waals surface area (Å²) in [5, 5.41) is 8.82. The van der Waals surface area contributed by atoms with Crippen molar-refractivity contribution in [1.29, 1.82) is 0 Å². The Labute approximate surface area is 100 Å². The van der Waals surface area contributed by atoms with Gasteiger partial charge >= 0.3 is 11.7 Å². The minimum absolute atomic E-state index is 0.00287. The second-order valence-corrected chi connectivity index (χ2v) is 3.85. The lowest BCUT2D eigenvalue weighted by Crippen LogP contribution is -2.30. The van der Waals surface area contributed by atoms with E-state index < -0.39 is 17.2 Å². The molecule has 8 heteroatoms. The number of carboxylic acid groups (broad SMARTS) is 1. The van der Waals surface area contributed by atoms with Gasteiger partial charge in [0.25, 0.3) is 5.56 Å². The van der Waals surface area contributed by atoms with Gasteiger partial charge in [0.1, 0.15) is 5.52 Å². The van der Waals surface area contributed by atoms with E-state index >= 15 is 0 Å². The lowest BCUT2D eigenvalue weighted by molar-refractivity contribution is 0.0685. The summed E-state index contributed by atoms with van der Waals surface area (Å²) in [6, 6.07) is 0. The molecular formula is C10H12N4O4. The number of aromatic nitrogens is 4. The van der Waals surface area contributed by atoms with Crippen LogP contribution < -0.4 is 11.2 Å². The van der Waals surface area contributed by atoms with Crippen LogP contribution in [0.4, 0.5) is 0 Å². The van der Waals surface area contributed by atoms with Gasteiger partial charge in [0.2, 0.25) is 5.82 Å². The van der Waals surface area contributed by atoms with E-state index in [1.165, 1.54) is 4.57 Å². The van der Waals surface area contributed by atoms with E-state index in [2.05, 4.69) is 15.0 Å². The van der Waals surface area contributed by atoms with Crippen LogP contribution in [0, 0.1) is 0 Å². The average Bonchev–Trinajstić information content (AvgIpc) is 2.74. The Morgan fingerprint density at radius 2 is 2.11 bits per heavy atom. The maximum Gasteiger partial charge on any atom is 0.371 e. The van der Waals surface area contributed by atoms with E-state index in [9.17, 15) is 14.4 Å². The molecule has 0 aromatic carbocycles. The van der Waals surface area contributed by atoms with Crippen LogP contribution in [0.3, 0.4) is 0 Å². The average molecular weight is 252 g/mol. The van der Waals surface area contributed by atoms with Crippen LogP contribution in [0.5, 0.6) is 0 Å². The molecule has 2 aromatic heterocycles. The van der Waals surface area contributed by atoms with Gasteiger partial charge in [-0.05, 0) is 6.42 Å². The largest absolute Gasteiger partial charge is 0.475 e. The maximum atomic E-state index is 11.6. The Kier molecular flexibility index (Phi) is 3.00. The molecule has 2 aromatic rings. The fourth-order valence-electron chi connectivity index (χ4n) is 1.67. The van der Waals surface area contributed by atoms with Crippen molar-refractivity contribution >= 4 is 17.1 Å². The van der Waals surface area contributed by atoms with Crippen molar-refractivity contribution in [2.75, 3.05) is 0 Å². The van der Waals surface area contributed by atoms with E-state index in [0.717, 1.165) is 12.8 Å². The number of aromatic amines is 2. The first-order valence-corrected chi connectivity index (χ1v) is 5.50. The third-order valence-electron chi connectivity index (χ3n) is 2.57. The first-order valence-electron chi connectivity index (χ1n) is 5.50. The van der Waals surface area contributed by atoms with Gasteiger partial charge in [0.05, 0.1) is 0 Å². The second kappa shape index (κ2) is 4.47. The molecule has 0 amide bonds. The summed E-state index contributed by atoms with van der Waals surface area (Å²) in [5.41, 5.74) is -1.16. The van der Waals surface area contributed by atoms with Gasteiger partial charge in [-0.1, -0.05) is 13.3 Å². The molecule has 8 nitrogen and oxygen atoms in total. The fourth-order valence-corrected chi connectivity index (χ4v) is 1.67. The summed E-state index contributed by atoms with van der Waals surface area (Å²) >= 11 is 0. The molecule has 0 aliphatic heterocycles. The van der Waals surface area contributed by atoms with Crippen LogP contribution in [0.2, 0.25) is 0 Å². The van der Waals surface area contributed by atoms with Gasteiger partial charge < -0.3 is 10.1 Å². The predicted octanol–water partition coefficient (Wildman–Crippen LogP) is -0.0888. The quantitative estimate of drug-likeness (QED) is 0.702. The number of aromatic carboxylic acids is 1. The third-order valence-corrected chi connectivity index (χ3v) is 2.57. The molecule has 0 saturated heterocycles. The van der Waals surface area contributed by atoms with Crippen LogP contribution in [0.1, 0.15) is 30.4 Å². The Balaban J connectivity index is 2.72. The number of hydrogen-bond acceptors (Lipinski definition) is 4. The molecule has 0 radical (unpaired) electrons. The lowest BCUT2D eigenvalue weighted by Gasteiger charge is -2.03. The zero-order chi connectivity index (χ0) is 13.3. The number of imidazole rings is 1. The number of fused-ring (bicyclic) bond motifs is 1. The number of aryl methyl sites for hydroxylation is 1. The van der Waals surface area contributed by atoms with Crippen LogP contribution in [-0.4, -0.2) is 30.6 Å². The van der Waals surface area contributed by atoms with Gasteiger partial charge in [0, 0.05) is 6.54 Å². The van der Waals surface area contributed by atoms with E-state index in [-0.39, 0.29) is 17.0 Å². The van der Waals surface area contributed by atoms with Gasteiger partial charge in [0.15, 0.2) is 5.65 Å². The van der Waals surface area contributed by atoms with E-state index in [1.54, 1.807) is 0 Å². The van der Waals surface area contributed by atoms with Crippen molar-refractivity contribution in [2.45, 2.75) is 26.3 Å². The van der Waals surface area contributed by atoms with Crippen molar-refractivity contribution < 1.29 is 9.90 Å². The van der Waals surface area contributed by atoms with Gasteiger partial charge in [-0.25, -0.2) is 14.6 Å². The summed E-state index contributed by atoms with van der Waals surface area (Å²) in [6.07, 6.45) is 1.60. The molecule has 2 rings (SSSR count). The Morgan fingerprint density at radius 1 is 1.39 bits per heavy atom. The lowest BCUT2D eigenvalue weighted by atomic mass is 10.3. The normalized spacial score (nSPS) is 10.9. The molecule has 0 unspecified atom stereocenters. The fraction of sp³-hybridized carbons (Fsp3) is 0.400. The molecule has 0 bridgehead atoms. The van der Waals surface area contributed by atoms with Gasteiger partial charge in [-0.3, -0.25) is 14.3 Å². The first-order chi connectivity index (χ1) is 8.54. The van der Waals surface area contributed by atoms with Gasteiger partial charge in [-0.15, -0.1) is 0 Å². The molecule has 0 aliphatic carbocycles. The number of unbranched alkanes of at least 4 members (excludes halogenated alkanes) is 1. The van der Waals surface area contributed by atoms with Crippen molar-refractivity contribution in [1.82, 2.24) is 19.5 Å². The highest BCUT2D eigenvalue weighted by atomic mass is 16.4. The molecule has 18 heavy (non-hydrogen) atoms. The number of nitrogens with zero attached hydrogens (tertiary/aromatic N) is 2. The Morgan fingerprint density at radius 3 is 2.72 bits per heavy atom. The van der Waals surface area contributed by atoms with Crippen LogP contribution in [0.25, 0.3) is 11.2 Å². The van der Waals surface area contributed by atoms with Crippen LogP contribution >= 0.6 is 0 Å². The molecule has 2 heterocycles. The number of H-pyrrole nitrogens is 2. The molecule has 0 fully saturated rings. The summed E-state index contributed by atoms with van der Waals surface area (Å²) in [5.74, 6) is -1.63. The third kappa shape index (κ3) is 1.92. The molecule has 96 valence electrons. The monoisotopic (exact) mass is 252 g/mol. The van der Waals surface area contributed by atoms with Crippen molar-refractivity contribution in [2.24, 2.45) is 0 Å². The second-order valence-electron chi connectivity index (χ2n) is 3.85. The minimum Gasteiger partial charge on any atom is -0.475 e. The number of hydrogen-bond donors (Lipinski definition) is 3. The highest BCUT2D eigenvalue weighted by Gasteiger charge is 2.15. The highest BCUT2D eigenvalue weighted by Crippen LogP contribution is 2.06. The number of nitrogens with one attached hydrogen (secondary N) is 2. The maximum absolute atomic E-state index is 11.6. The smallest absolute Gasteiger partial charge is 0.371 e. The van der Waals surface area contributed by atoms with Gasteiger partial charge in [-0.2, -0.15) is 0 Å². The molecule has 0 saturated carbocycles. The van der Waals surface area contributed by atoms with E-state index in [1.807, 2.05) is 6.92 Å². The topological polar surface area (TPSA) is 121 Å². The molecule has 3 N–H and O–H groups in total. The van der Waals surface area contributed by atoms with Crippen molar-refractivity contribution in [3.63, 3.8) is 0 Å². The highest BCUT2D eigenvalue weighted by molar-refractivity contribution is 5.87. The number of carboxylic acids is 1. The Hall–Kier alpha value is -2.38. The van der Waals surface area contributed by atoms with E-state index in [0.29, 0.717) is 6.54 Å². The number of rotatable bonds is 4. The predicted molar refractivity (Wildman–Crippen MR) is 62.8 cm³/mol. The molecule has 0 spiro atoms. The van der Waals surface area contributed by atoms with Crippen LogP contribution in [-0.2, 0) is 6.54 Å². The summed E-state index contributed by atoms with van der Waals surface area (Å²) in [6.45, 7) is 2.34. The summed E-state index contributed by atoms with van der Waals surface area (Å²) in [7, 11) is 0. The SMILES string of the molecule is CCCCn1c(=O)[nH]c(=O)c2[nH]c(C(=O)O)nc21. The van der Waals surface area contributed by atoms with Crippen molar-refractivity contribution in [3.05, 3.63) is 26.7 Å². The van der Waals surface area contributed by atoms with Crippen molar-refractivity contribution in [3.8, 4) is 0 Å². The zero-order valence-electron chi connectivity index (χ0n) is 9.69. The standard InChI is InChI=1S/C10H12N4O4/c1-2-3-4-14-7-5(8(15)13-10(14)18)11-6(12-7)9(16)17/h2-4H2,1H3,(H,11,12)(H,16,17)(H,13,15,18).